The van der Waals surface area contributed by atoms with Crippen LogP contribution in [-0.2, 0) is 16.1 Å². The van der Waals surface area contributed by atoms with Gasteiger partial charge in [-0.1, -0.05) is 25.1 Å². The normalized spacial score (nSPS) is 16.2. The Kier molecular flexibility index (Phi) is 7.40. The van der Waals surface area contributed by atoms with Crippen molar-refractivity contribution in [3.63, 3.8) is 0 Å². The van der Waals surface area contributed by atoms with E-state index in [1.807, 2.05) is 42.2 Å². The Bertz CT molecular complexity index is 891. The van der Waals surface area contributed by atoms with Gasteiger partial charge >= 0.3 is 5.82 Å². The lowest BCUT2D eigenvalue weighted by Gasteiger charge is -2.48. The van der Waals surface area contributed by atoms with Crippen LogP contribution in [0.25, 0.3) is 0 Å². The third-order valence-electron chi connectivity index (χ3n) is 6.10. The molecule has 0 N–H and O–H groups in total. The van der Waals surface area contributed by atoms with Gasteiger partial charge in [-0.15, -0.1) is 0 Å². The number of anilines is 1. The average molecular weight is 430 g/mol. The van der Waals surface area contributed by atoms with E-state index in [0.29, 0.717) is 31.9 Å². The molecule has 9 heteroatoms. The monoisotopic (exact) mass is 429 g/mol. The minimum Gasteiger partial charge on any atom is -0.382 e. The highest BCUT2D eigenvalue weighted by Gasteiger charge is 2.43. The molecular formula is C22H31N5O4. The van der Waals surface area contributed by atoms with Crippen molar-refractivity contribution in [1.29, 1.82) is 0 Å². The number of para-hydroxylation sites is 1. The van der Waals surface area contributed by atoms with Crippen LogP contribution in [0.2, 0.25) is 0 Å². The minimum atomic E-state index is -0.406. The van der Waals surface area contributed by atoms with Crippen LogP contribution in [0.1, 0.15) is 32.0 Å². The van der Waals surface area contributed by atoms with Crippen molar-refractivity contribution in [2.45, 2.75) is 45.2 Å². The second-order valence-corrected chi connectivity index (χ2v) is 7.99. The molecule has 1 aromatic heterocycles. The summed E-state index contributed by atoms with van der Waals surface area (Å²) in [5.74, 6) is 0.745. The molecule has 9 nitrogen and oxygen atoms in total. The van der Waals surface area contributed by atoms with E-state index in [9.17, 15) is 14.9 Å². The van der Waals surface area contributed by atoms with Crippen molar-refractivity contribution < 1.29 is 14.5 Å². The topological polar surface area (TPSA) is 93.7 Å². The molecule has 0 unspecified atom stereocenters. The zero-order chi connectivity index (χ0) is 22.4. The Morgan fingerprint density at radius 2 is 1.94 bits per heavy atom. The Morgan fingerprint density at radius 3 is 2.52 bits per heavy atom. The number of rotatable bonds is 9. The highest BCUT2D eigenvalue weighted by atomic mass is 16.6. The predicted octanol–water partition coefficient (Wildman–Crippen LogP) is 3.02. The Morgan fingerprint density at radius 1 is 1.26 bits per heavy atom. The Hall–Kier alpha value is -2.78. The van der Waals surface area contributed by atoms with Crippen LogP contribution in [0.3, 0.4) is 0 Å². The third-order valence-corrected chi connectivity index (χ3v) is 6.10. The summed E-state index contributed by atoms with van der Waals surface area (Å²) >= 11 is 0. The van der Waals surface area contributed by atoms with Crippen molar-refractivity contribution in [2.75, 3.05) is 38.3 Å². The number of carbonyl (C=O) groups is 1. The van der Waals surface area contributed by atoms with E-state index >= 15 is 0 Å². The second kappa shape index (κ2) is 10.0. The zero-order valence-electron chi connectivity index (χ0n) is 18.5. The molecule has 1 aromatic carbocycles. The van der Waals surface area contributed by atoms with E-state index < -0.39 is 10.5 Å². The van der Waals surface area contributed by atoms with Gasteiger partial charge in [0, 0.05) is 45.8 Å². The molecule has 3 rings (SSSR count). The number of piperidine rings is 1. The molecular weight excluding hydrogens is 398 g/mol. The molecule has 0 radical (unpaired) electrons. The number of amides is 1. The van der Waals surface area contributed by atoms with Gasteiger partial charge < -0.3 is 19.8 Å². The molecule has 1 fully saturated rings. The van der Waals surface area contributed by atoms with Gasteiger partial charge in [-0.2, -0.15) is 0 Å². The van der Waals surface area contributed by atoms with Crippen LogP contribution in [0.4, 0.5) is 11.5 Å². The average Bonchev–Trinajstić information content (AvgIpc) is 3.15. The number of methoxy groups -OCH3 is 1. The summed E-state index contributed by atoms with van der Waals surface area (Å²) in [5, 5.41) is 11.2. The molecule has 1 saturated heterocycles. The fraction of sp³-hybridized carbons (Fsp3) is 0.545. The van der Waals surface area contributed by atoms with Gasteiger partial charge in [0.2, 0.25) is 5.91 Å². The lowest BCUT2D eigenvalue weighted by atomic mass is 9.85. The lowest BCUT2D eigenvalue weighted by Crippen LogP contribution is -2.60. The van der Waals surface area contributed by atoms with Gasteiger partial charge in [0.05, 0.1) is 12.1 Å². The number of aryl methyl sites for hydroxylation is 1. The molecule has 0 saturated carbocycles. The molecule has 0 aliphatic carbocycles. The minimum absolute atomic E-state index is 0.0204. The lowest BCUT2D eigenvalue weighted by molar-refractivity contribution is -0.392. The molecule has 2 heterocycles. The number of hydrogen-bond acceptors (Lipinski definition) is 6. The Balaban J connectivity index is 1.73. The van der Waals surface area contributed by atoms with Crippen molar-refractivity contribution in [1.82, 2.24) is 14.5 Å². The van der Waals surface area contributed by atoms with E-state index in [1.165, 1.54) is 6.20 Å². The largest absolute Gasteiger partial charge is 0.382 e. The van der Waals surface area contributed by atoms with Gasteiger partial charge in [-0.05, 0) is 29.9 Å². The Labute approximate surface area is 182 Å². The summed E-state index contributed by atoms with van der Waals surface area (Å²) in [4.78, 5) is 32.1. The number of nitrogens with zero attached hydrogens (tertiary/aromatic N) is 5. The maximum Gasteiger partial charge on any atom is 0.342 e. The molecule has 1 aliphatic heterocycles. The van der Waals surface area contributed by atoms with E-state index in [2.05, 4.69) is 9.88 Å². The van der Waals surface area contributed by atoms with E-state index in [4.69, 9.17) is 4.74 Å². The molecule has 168 valence electrons. The first-order valence-electron chi connectivity index (χ1n) is 10.7. The van der Waals surface area contributed by atoms with Crippen LogP contribution >= 0.6 is 0 Å². The quantitative estimate of drug-likeness (QED) is 0.449. The number of likely N-dealkylation sites (tertiary alicyclic amines) is 1. The molecule has 0 atom stereocenters. The summed E-state index contributed by atoms with van der Waals surface area (Å²) in [6.07, 6.45) is 3.27. The fourth-order valence-electron chi connectivity index (χ4n) is 4.43. The summed E-state index contributed by atoms with van der Waals surface area (Å²) < 4.78 is 7.24. The molecule has 0 spiro atoms. The van der Waals surface area contributed by atoms with Crippen molar-refractivity contribution in [3.05, 3.63) is 52.5 Å². The smallest absolute Gasteiger partial charge is 0.342 e. The highest BCUT2D eigenvalue weighted by molar-refractivity contribution is 5.94. The molecule has 31 heavy (non-hydrogen) atoms. The number of aromatic nitrogens is 2. The highest BCUT2D eigenvalue weighted by Crippen LogP contribution is 2.34. The molecule has 2 aromatic rings. The number of nitro groups is 1. The maximum atomic E-state index is 13.0. The van der Waals surface area contributed by atoms with E-state index in [1.54, 1.807) is 18.6 Å². The first kappa shape index (κ1) is 22.9. The standard InChI is InChI=1S/C22H31N5O4/c1-4-21(28)26(19-8-6-5-7-9-19)22(17-31-3)10-12-24(13-11-22)14-15-25-18(2)23-16-20(25)27(29)30/h5-9,16H,4,10-15,17H2,1-3H3. The van der Waals surface area contributed by atoms with Gasteiger partial charge in [0.15, 0.2) is 5.82 Å². The van der Waals surface area contributed by atoms with E-state index in [0.717, 1.165) is 31.6 Å². The number of hydrogen-bond donors (Lipinski definition) is 0. The van der Waals surface area contributed by atoms with Crippen LogP contribution < -0.4 is 4.90 Å². The van der Waals surface area contributed by atoms with Crippen molar-refractivity contribution in [3.8, 4) is 0 Å². The van der Waals surface area contributed by atoms with Crippen LogP contribution in [0, 0.1) is 17.0 Å². The zero-order valence-corrected chi connectivity index (χ0v) is 18.5. The van der Waals surface area contributed by atoms with Gasteiger partial charge in [-0.3, -0.25) is 9.69 Å². The summed E-state index contributed by atoms with van der Waals surface area (Å²) in [5.41, 5.74) is 0.487. The number of carbonyl (C=O) groups excluding carboxylic acids is 1. The molecule has 1 amide bonds. The van der Waals surface area contributed by atoms with Gasteiger partial charge in [0.25, 0.3) is 0 Å². The first-order valence-corrected chi connectivity index (χ1v) is 10.7. The van der Waals surface area contributed by atoms with E-state index in [-0.39, 0.29) is 11.7 Å². The summed E-state index contributed by atoms with van der Waals surface area (Å²) in [6, 6.07) is 9.78. The van der Waals surface area contributed by atoms with Crippen molar-refractivity contribution >= 4 is 17.4 Å². The van der Waals surface area contributed by atoms with Crippen molar-refractivity contribution in [2.24, 2.45) is 0 Å². The van der Waals surface area contributed by atoms with Crippen LogP contribution in [0.5, 0.6) is 0 Å². The van der Waals surface area contributed by atoms with Gasteiger partial charge in [0.1, 0.15) is 12.7 Å². The maximum absolute atomic E-state index is 13.0. The molecule has 0 bridgehead atoms. The summed E-state index contributed by atoms with van der Waals surface area (Å²) in [7, 11) is 1.68. The number of ether oxygens (including phenoxy) is 1. The number of benzene rings is 1. The molecule has 1 aliphatic rings. The SMILES string of the molecule is CCC(=O)N(c1ccccc1)C1(COC)CCN(CCn2c([N+](=O)[O-])cnc2C)CC1. The van der Waals surface area contributed by atoms with Crippen LogP contribution in [-0.4, -0.2) is 64.2 Å². The first-order chi connectivity index (χ1) is 14.9. The second-order valence-electron chi connectivity index (χ2n) is 7.99. The van der Waals surface area contributed by atoms with Crippen LogP contribution in [0.15, 0.2) is 36.5 Å². The summed E-state index contributed by atoms with van der Waals surface area (Å²) in [6.45, 7) is 6.89. The third kappa shape index (κ3) is 4.94. The fourth-order valence-corrected chi connectivity index (χ4v) is 4.43. The predicted molar refractivity (Wildman–Crippen MR) is 118 cm³/mol. The van der Waals surface area contributed by atoms with Gasteiger partial charge in [-0.25, -0.2) is 9.55 Å². The number of imidazole rings is 1.